The Morgan fingerprint density at radius 2 is 1.84 bits per heavy atom. The molecule has 1 aromatic rings. The van der Waals surface area contributed by atoms with Crippen LogP contribution in [0, 0.1) is 5.92 Å². The summed E-state index contributed by atoms with van der Waals surface area (Å²) in [6, 6.07) is 6.29. The summed E-state index contributed by atoms with van der Waals surface area (Å²) in [7, 11) is -1.89. The molecule has 0 unspecified atom stereocenters. The molecule has 1 atom stereocenters. The molecule has 0 heterocycles. The molecule has 1 aromatic carbocycles. The summed E-state index contributed by atoms with van der Waals surface area (Å²) in [6.45, 7) is 0. The van der Waals surface area contributed by atoms with Gasteiger partial charge in [-0.1, -0.05) is 12.8 Å². The Labute approximate surface area is 114 Å². The van der Waals surface area contributed by atoms with E-state index < -0.39 is 15.9 Å². The SMILES string of the molecule is COc1ccc(S(=O)(=O)C[C@H](O)C2CCCC2)cc1. The van der Waals surface area contributed by atoms with Gasteiger partial charge >= 0.3 is 0 Å². The van der Waals surface area contributed by atoms with Gasteiger partial charge in [-0.05, 0) is 43.0 Å². The molecule has 0 saturated heterocycles. The van der Waals surface area contributed by atoms with Crippen molar-refractivity contribution in [2.75, 3.05) is 12.9 Å². The van der Waals surface area contributed by atoms with E-state index in [0.29, 0.717) is 5.75 Å². The molecule has 19 heavy (non-hydrogen) atoms. The topological polar surface area (TPSA) is 63.6 Å². The molecule has 0 aliphatic heterocycles. The predicted octanol–water partition coefficient (Wildman–Crippen LogP) is 2.02. The number of benzene rings is 1. The van der Waals surface area contributed by atoms with Gasteiger partial charge < -0.3 is 9.84 Å². The summed E-state index contributed by atoms with van der Waals surface area (Å²) in [6.07, 6.45) is 3.28. The molecule has 106 valence electrons. The third-order valence-corrected chi connectivity index (χ3v) is 5.52. The number of aliphatic hydroxyl groups excluding tert-OH is 1. The maximum absolute atomic E-state index is 12.2. The van der Waals surface area contributed by atoms with Crippen LogP contribution >= 0.6 is 0 Å². The molecular formula is C14H20O4S. The standard InChI is InChI=1S/C14H20O4S/c1-18-12-6-8-13(9-7-12)19(16,17)10-14(15)11-4-2-3-5-11/h6-9,11,14-15H,2-5,10H2,1H3/t14-/m0/s1. The van der Waals surface area contributed by atoms with Crippen molar-refractivity contribution in [2.24, 2.45) is 5.92 Å². The minimum atomic E-state index is -3.43. The van der Waals surface area contributed by atoms with Crippen LogP contribution in [0.1, 0.15) is 25.7 Å². The maximum atomic E-state index is 12.2. The van der Waals surface area contributed by atoms with Crippen LogP contribution in [-0.4, -0.2) is 32.5 Å². The number of rotatable bonds is 5. The van der Waals surface area contributed by atoms with Gasteiger partial charge in [0.1, 0.15) is 5.75 Å². The largest absolute Gasteiger partial charge is 0.497 e. The summed E-state index contributed by atoms with van der Waals surface area (Å²) in [5, 5.41) is 10.0. The number of ether oxygens (including phenoxy) is 1. The first-order valence-corrected chi connectivity index (χ1v) is 8.23. The van der Waals surface area contributed by atoms with Gasteiger partial charge in [0.05, 0.1) is 23.9 Å². The number of hydrogen-bond acceptors (Lipinski definition) is 4. The second-order valence-corrected chi connectivity index (χ2v) is 7.10. The number of aliphatic hydroxyl groups is 1. The summed E-state index contributed by atoms with van der Waals surface area (Å²) in [4.78, 5) is 0.241. The number of sulfone groups is 1. The molecule has 2 rings (SSSR count). The van der Waals surface area contributed by atoms with E-state index in [0.717, 1.165) is 25.7 Å². The molecule has 0 spiro atoms. The average Bonchev–Trinajstić information content (AvgIpc) is 2.92. The quantitative estimate of drug-likeness (QED) is 0.898. The van der Waals surface area contributed by atoms with E-state index in [2.05, 4.69) is 0 Å². The normalized spacial score (nSPS) is 18.4. The Balaban J connectivity index is 2.08. The van der Waals surface area contributed by atoms with Crippen molar-refractivity contribution in [1.29, 1.82) is 0 Å². The first-order chi connectivity index (χ1) is 9.03. The third-order valence-electron chi connectivity index (χ3n) is 3.75. The number of methoxy groups -OCH3 is 1. The fraction of sp³-hybridized carbons (Fsp3) is 0.571. The first kappa shape index (κ1) is 14.3. The highest BCUT2D eigenvalue weighted by molar-refractivity contribution is 7.91. The van der Waals surface area contributed by atoms with E-state index in [1.54, 1.807) is 12.1 Å². The Morgan fingerprint density at radius 3 is 2.37 bits per heavy atom. The lowest BCUT2D eigenvalue weighted by Crippen LogP contribution is -2.27. The van der Waals surface area contributed by atoms with Crippen LogP contribution < -0.4 is 4.74 Å². The van der Waals surface area contributed by atoms with Crippen LogP contribution in [0.3, 0.4) is 0 Å². The Kier molecular flexibility index (Phi) is 4.47. The number of hydrogen-bond donors (Lipinski definition) is 1. The molecule has 1 saturated carbocycles. The van der Waals surface area contributed by atoms with Crippen molar-refractivity contribution < 1.29 is 18.3 Å². The summed E-state index contributed by atoms with van der Waals surface area (Å²) in [5.41, 5.74) is 0. The van der Waals surface area contributed by atoms with Crippen LogP contribution in [0.25, 0.3) is 0 Å². The van der Waals surface area contributed by atoms with E-state index in [1.165, 1.54) is 19.2 Å². The van der Waals surface area contributed by atoms with Crippen molar-refractivity contribution in [2.45, 2.75) is 36.7 Å². The van der Waals surface area contributed by atoms with Gasteiger partial charge in [-0.3, -0.25) is 0 Å². The zero-order valence-corrected chi connectivity index (χ0v) is 11.9. The zero-order chi connectivity index (χ0) is 13.9. The lowest BCUT2D eigenvalue weighted by atomic mass is 10.0. The molecule has 0 radical (unpaired) electrons. The van der Waals surface area contributed by atoms with Gasteiger partial charge in [-0.25, -0.2) is 8.42 Å². The third kappa shape index (κ3) is 3.48. The molecule has 1 N–H and O–H groups in total. The maximum Gasteiger partial charge on any atom is 0.180 e. The predicted molar refractivity (Wildman–Crippen MR) is 73.0 cm³/mol. The van der Waals surface area contributed by atoms with E-state index in [4.69, 9.17) is 4.74 Å². The first-order valence-electron chi connectivity index (χ1n) is 6.58. The fourth-order valence-electron chi connectivity index (χ4n) is 2.58. The lowest BCUT2D eigenvalue weighted by Gasteiger charge is -2.17. The van der Waals surface area contributed by atoms with Crippen LogP contribution in [0.2, 0.25) is 0 Å². The Morgan fingerprint density at radius 1 is 1.26 bits per heavy atom. The summed E-state index contributed by atoms with van der Waals surface area (Å²) >= 11 is 0. The van der Waals surface area contributed by atoms with Gasteiger partial charge in [0.25, 0.3) is 0 Å². The minimum Gasteiger partial charge on any atom is -0.497 e. The van der Waals surface area contributed by atoms with Gasteiger partial charge in [-0.2, -0.15) is 0 Å². The van der Waals surface area contributed by atoms with Crippen molar-refractivity contribution >= 4 is 9.84 Å². The highest BCUT2D eigenvalue weighted by Gasteiger charge is 2.28. The van der Waals surface area contributed by atoms with Crippen molar-refractivity contribution in [3.8, 4) is 5.75 Å². The van der Waals surface area contributed by atoms with Gasteiger partial charge in [0, 0.05) is 0 Å². The lowest BCUT2D eigenvalue weighted by molar-refractivity contribution is 0.131. The molecule has 0 amide bonds. The highest BCUT2D eigenvalue weighted by Crippen LogP contribution is 2.29. The van der Waals surface area contributed by atoms with Gasteiger partial charge in [0.2, 0.25) is 0 Å². The van der Waals surface area contributed by atoms with Crippen LogP contribution in [0.15, 0.2) is 29.2 Å². The second-order valence-electron chi connectivity index (χ2n) is 5.07. The van der Waals surface area contributed by atoms with E-state index in [-0.39, 0.29) is 16.6 Å². The molecule has 1 aliphatic carbocycles. The Bertz CT molecular complexity index is 501. The highest BCUT2D eigenvalue weighted by atomic mass is 32.2. The molecule has 0 bridgehead atoms. The summed E-state index contributed by atoms with van der Waals surface area (Å²) in [5.74, 6) is 0.563. The Hall–Kier alpha value is -1.07. The second kappa shape index (κ2) is 5.92. The molecule has 4 nitrogen and oxygen atoms in total. The van der Waals surface area contributed by atoms with Crippen molar-refractivity contribution in [3.63, 3.8) is 0 Å². The van der Waals surface area contributed by atoms with Crippen LogP contribution in [0.4, 0.5) is 0 Å². The van der Waals surface area contributed by atoms with Crippen LogP contribution in [-0.2, 0) is 9.84 Å². The smallest absolute Gasteiger partial charge is 0.180 e. The van der Waals surface area contributed by atoms with E-state index in [1.807, 2.05) is 0 Å². The monoisotopic (exact) mass is 284 g/mol. The molecular weight excluding hydrogens is 264 g/mol. The summed E-state index contributed by atoms with van der Waals surface area (Å²) < 4.78 is 29.4. The van der Waals surface area contributed by atoms with Crippen LogP contribution in [0.5, 0.6) is 5.75 Å². The van der Waals surface area contributed by atoms with E-state index in [9.17, 15) is 13.5 Å². The minimum absolute atomic E-state index is 0.132. The molecule has 1 fully saturated rings. The fourth-order valence-corrected chi connectivity index (χ4v) is 4.05. The molecule has 5 heteroatoms. The van der Waals surface area contributed by atoms with E-state index >= 15 is 0 Å². The van der Waals surface area contributed by atoms with Gasteiger partial charge in [-0.15, -0.1) is 0 Å². The zero-order valence-electron chi connectivity index (χ0n) is 11.1. The van der Waals surface area contributed by atoms with Gasteiger partial charge in [0.15, 0.2) is 9.84 Å². The van der Waals surface area contributed by atoms with Crippen molar-refractivity contribution in [1.82, 2.24) is 0 Å². The molecule has 1 aliphatic rings. The average molecular weight is 284 g/mol. The van der Waals surface area contributed by atoms with Crippen molar-refractivity contribution in [3.05, 3.63) is 24.3 Å². The molecule has 0 aromatic heterocycles.